The molecule has 5 nitrogen and oxygen atoms in total. The summed E-state index contributed by atoms with van der Waals surface area (Å²) in [7, 11) is 0. The highest BCUT2D eigenvalue weighted by molar-refractivity contribution is 6.10. The van der Waals surface area contributed by atoms with Crippen LogP contribution in [0.5, 0.6) is 0 Å². The maximum Gasteiger partial charge on any atom is 0.0860 e. The molecule has 2 aliphatic rings. The number of aryl methyl sites for hydroxylation is 1. The maximum absolute atomic E-state index is 11.0. The zero-order chi connectivity index (χ0) is 27.1. The normalized spacial score (nSPS) is 23.1. The molecular weight excluding hydrogens is 470 g/mol. The predicted octanol–water partition coefficient (Wildman–Crippen LogP) is 7.26. The summed E-state index contributed by atoms with van der Waals surface area (Å²) in [4.78, 5) is 8.43. The lowest BCUT2D eigenvalue weighted by molar-refractivity contribution is 0.0800. The lowest BCUT2D eigenvalue weighted by Gasteiger charge is -2.24. The van der Waals surface area contributed by atoms with Crippen LogP contribution in [0.1, 0.15) is 70.1 Å². The molecule has 200 valence electrons. The van der Waals surface area contributed by atoms with Crippen molar-refractivity contribution in [3.05, 3.63) is 82.6 Å². The molecule has 1 heterocycles. The first kappa shape index (κ1) is 26.5. The van der Waals surface area contributed by atoms with E-state index in [0.717, 1.165) is 77.8 Å². The number of hydrogen-bond donors (Lipinski definition) is 4. The third-order valence-electron chi connectivity index (χ3n) is 8.25. The van der Waals surface area contributed by atoms with Gasteiger partial charge in [-0.15, -0.1) is 0 Å². The second-order valence-electron chi connectivity index (χ2n) is 11.9. The first-order chi connectivity index (χ1) is 18.0. The summed E-state index contributed by atoms with van der Waals surface area (Å²) in [5, 5.41) is 26.2. The van der Waals surface area contributed by atoms with Crippen LogP contribution in [0.25, 0.3) is 10.9 Å². The van der Waals surface area contributed by atoms with Crippen LogP contribution in [0, 0.1) is 12.8 Å². The van der Waals surface area contributed by atoms with E-state index in [9.17, 15) is 10.2 Å². The number of H-pyrrole nitrogens is 1. The standard InChI is InChI=1S/C33H41N3O2/c1-21-9-12-27-26(15-17-33(27,5)38)30(13-10-21)36-24-11-14-29(22(2)19-24)34-18-16-23-20-35-31-25(23)7-6-8-28(31)32(3,4)37/h6-8,10-11,13-14,19-21,34-35,37-38H,9,12,15-18H2,1-5H3. The molecule has 3 aromatic rings. The van der Waals surface area contributed by atoms with Crippen molar-refractivity contribution in [3.8, 4) is 0 Å². The number of nitrogens with zero attached hydrogens (tertiary/aromatic N) is 1. The SMILES string of the molecule is Cc1cc(N=C2C=CC(C)CCC3=C2CCC3(C)O)ccc1NCCc1c[nH]c2c(C(C)(C)O)cccc12. The molecule has 0 radical (unpaired) electrons. The van der Waals surface area contributed by atoms with Crippen LogP contribution in [0.3, 0.4) is 0 Å². The number of rotatable bonds is 6. The minimum absolute atomic E-state index is 0.470. The van der Waals surface area contributed by atoms with Gasteiger partial charge in [0.15, 0.2) is 0 Å². The van der Waals surface area contributed by atoms with Gasteiger partial charge in [0.25, 0.3) is 0 Å². The number of anilines is 1. The van der Waals surface area contributed by atoms with Crippen molar-refractivity contribution in [2.75, 3.05) is 11.9 Å². The molecule has 1 aromatic heterocycles. The first-order valence-corrected chi connectivity index (χ1v) is 13.9. The monoisotopic (exact) mass is 511 g/mol. The number of benzene rings is 2. The number of nitrogens with one attached hydrogen (secondary N) is 2. The van der Waals surface area contributed by atoms with Crippen LogP contribution >= 0.6 is 0 Å². The summed E-state index contributed by atoms with van der Waals surface area (Å²) < 4.78 is 0. The molecule has 0 fully saturated rings. The van der Waals surface area contributed by atoms with Crippen molar-refractivity contribution >= 4 is 28.0 Å². The Labute approximate surface area is 226 Å². The number of aliphatic imine (C=N–C) groups is 1. The fourth-order valence-corrected chi connectivity index (χ4v) is 5.94. The van der Waals surface area contributed by atoms with E-state index in [0.29, 0.717) is 5.92 Å². The highest BCUT2D eigenvalue weighted by Gasteiger charge is 2.36. The van der Waals surface area contributed by atoms with Gasteiger partial charge in [-0.3, -0.25) is 0 Å². The Morgan fingerprint density at radius 2 is 2.00 bits per heavy atom. The largest absolute Gasteiger partial charge is 0.386 e. The maximum atomic E-state index is 11.0. The van der Waals surface area contributed by atoms with Gasteiger partial charge in [0.1, 0.15) is 0 Å². The summed E-state index contributed by atoms with van der Waals surface area (Å²) in [5.41, 5.74) is 8.16. The summed E-state index contributed by atoms with van der Waals surface area (Å²) >= 11 is 0. The quantitative estimate of drug-likeness (QED) is 0.281. The molecule has 5 heteroatoms. The van der Waals surface area contributed by atoms with Crippen molar-refractivity contribution < 1.29 is 10.2 Å². The number of fused-ring (bicyclic) bond motifs is 1. The predicted molar refractivity (Wildman–Crippen MR) is 158 cm³/mol. The van der Waals surface area contributed by atoms with E-state index in [1.54, 1.807) is 0 Å². The number of hydrogen-bond acceptors (Lipinski definition) is 4. The van der Waals surface area contributed by atoms with Crippen LogP contribution in [0.4, 0.5) is 11.4 Å². The Balaban J connectivity index is 1.32. The Morgan fingerprint density at radius 1 is 1.18 bits per heavy atom. The van der Waals surface area contributed by atoms with Crippen molar-refractivity contribution in [3.63, 3.8) is 0 Å². The lowest BCUT2D eigenvalue weighted by Crippen LogP contribution is -2.24. The van der Waals surface area contributed by atoms with Crippen molar-refractivity contribution in [1.29, 1.82) is 0 Å². The van der Waals surface area contributed by atoms with E-state index in [1.807, 2.05) is 32.9 Å². The van der Waals surface area contributed by atoms with Crippen molar-refractivity contribution in [1.82, 2.24) is 4.98 Å². The molecule has 4 N–H and O–H groups in total. The average molecular weight is 512 g/mol. The second kappa shape index (κ2) is 10.2. The van der Waals surface area contributed by atoms with E-state index < -0.39 is 11.2 Å². The summed E-state index contributed by atoms with van der Waals surface area (Å²) in [6.45, 7) is 10.8. The fraction of sp³-hybridized carbons (Fsp3) is 0.424. The molecular formula is C33H41N3O2. The minimum atomic E-state index is -0.889. The topological polar surface area (TPSA) is 80.6 Å². The average Bonchev–Trinajstić information content (AvgIpc) is 3.39. The molecule has 0 aliphatic heterocycles. The molecule has 5 rings (SSSR count). The first-order valence-electron chi connectivity index (χ1n) is 13.9. The molecule has 0 bridgehead atoms. The molecule has 2 aromatic carbocycles. The Morgan fingerprint density at radius 3 is 2.76 bits per heavy atom. The third-order valence-corrected chi connectivity index (χ3v) is 8.25. The van der Waals surface area contributed by atoms with Gasteiger partial charge in [-0.1, -0.05) is 31.2 Å². The third kappa shape index (κ3) is 5.36. The van der Waals surface area contributed by atoms with Gasteiger partial charge in [-0.2, -0.15) is 0 Å². The van der Waals surface area contributed by atoms with E-state index in [4.69, 9.17) is 4.99 Å². The molecule has 0 saturated carbocycles. The molecule has 0 spiro atoms. The molecule has 0 saturated heterocycles. The molecule has 2 aliphatic carbocycles. The minimum Gasteiger partial charge on any atom is -0.386 e. The van der Waals surface area contributed by atoms with Crippen LogP contribution in [0.15, 0.2) is 70.9 Å². The van der Waals surface area contributed by atoms with Gasteiger partial charge in [0.2, 0.25) is 0 Å². The number of para-hydroxylation sites is 1. The van der Waals surface area contributed by atoms with Gasteiger partial charge in [0.05, 0.1) is 28.1 Å². The smallest absolute Gasteiger partial charge is 0.0860 e. The zero-order valence-corrected chi connectivity index (χ0v) is 23.4. The number of aromatic amines is 1. The molecule has 38 heavy (non-hydrogen) atoms. The van der Waals surface area contributed by atoms with Crippen LogP contribution in [0.2, 0.25) is 0 Å². The Hall–Kier alpha value is -3.15. The van der Waals surface area contributed by atoms with E-state index in [2.05, 4.69) is 66.8 Å². The van der Waals surface area contributed by atoms with Crippen molar-refractivity contribution in [2.24, 2.45) is 10.9 Å². The van der Waals surface area contributed by atoms with Gasteiger partial charge in [-0.25, -0.2) is 4.99 Å². The summed E-state index contributed by atoms with van der Waals surface area (Å²) in [6.07, 6.45) is 11.0. The van der Waals surface area contributed by atoms with Crippen LogP contribution < -0.4 is 5.32 Å². The van der Waals surface area contributed by atoms with E-state index in [1.165, 1.54) is 16.7 Å². The van der Waals surface area contributed by atoms with Gasteiger partial charge in [0, 0.05) is 29.4 Å². The molecule has 2 unspecified atom stereocenters. The molecule has 2 atom stereocenters. The van der Waals surface area contributed by atoms with Crippen molar-refractivity contribution in [2.45, 2.75) is 77.9 Å². The summed E-state index contributed by atoms with van der Waals surface area (Å²) in [6, 6.07) is 12.4. The van der Waals surface area contributed by atoms with Crippen LogP contribution in [-0.4, -0.2) is 33.1 Å². The summed E-state index contributed by atoms with van der Waals surface area (Å²) in [5.74, 6) is 0.470. The highest BCUT2D eigenvalue weighted by Crippen LogP contribution is 2.41. The molecule has 0 amide bonds. The number of aliphatic hydroxyl groups is 2. The fourth-order valence-electron chi connectivity index (χ4n) is 5.94. The lowest BCUT2D eigenvalue weighted by atomic mass is 9.87. The van der Waals surface area contributed by atoms with E-state index >= 15 is 0 Å². The zero-order valence-electron chi connectivity index (χ0n) is 23.4. The van der Waals surface area contributed by atoms with Gasteiger partial charge >= 0.3 is 0 Å². The number of allylic oxidation sites excluding steroid dienone is 3. The van der Waals surface area contributed by atoms with Gasteiger partial charge < -0.3 is 20.5 Å². The van der Waals surface area contributed by atoms with Crippen LogP contribution in [-0.2, 0) is 12.0 Å². The Kier molecular flexibility index (Phi) is 7.10. The van der Waals surface area contributed by atoms with E-state index in [-0.39, 0.29) is 0 Å². The van der Waals surface area contributed by atoms with Gasteiger partial charge in [-0.05, 0) is 112 Å². The number of aromatic nitrogens is 1. The highest BCUT2D eigenvalue weighted by atomic mass is 16.3. The second-order valence-corrected chi connectivity index (χ2v) is 11.9. The Bertz CT molecular complexity index is 1430.